The van der Waals surface area contributed by atoms with Crippen LogP contribution in [0.5, 0.6) is 0 Å². The smallest absolute Gasteiger partial charge is 0.307 e. The van der Waals surface area contributed by atoms with Crippen LogP contribution in [0, 0.1) is 11.8 Å². The molecule has 1 fully saturated rings. The summed E-state index contributed by atoms with van der Waals surface area (Å²) in [5, 5.41) is 11.5. The third-order valence-electron chi connectivity index (χ3n) is 2.82. The lowest BCUT2D eigenvalue weighted by atomic mass is 10.1. The number of amides is 1. The maximum Gasteiger partial charge on any atom is 0.307 e. The Kier molecular flexibility index (Phi) is 4.12. The quantitative estimate of drug-likeness (QED) is 0.701. The summed E-state index contributed by atoms with van der Waals surface area (Å²) in [6.45, 7) is 4.07. The molecule has 86 valence electrons. The lowest BCUT2D eigenvalue weighted by molar-refractivity contribution is -0.140. The standard InChI is InChI=1S/C11H19NO3/c1-3-4-5-7(2)12-10(13)8-6-9(8)11(14)15/h7-9H,3-6H2,1-2H3,(H,12,13)(H,14,15)/t7?,8-,9+/m1/s1. The largest absolute Gasteiger partial charge is 0.481 e. The molecule has 0 spiro atoms. The topological polar surface area (TPSA) is 66.4 Å². The molecule has 0 bridgehead atoms. The van der Waals surface area contributed by atoms with Gasteiger partial charge in [-0.3, -0.25) is 9.59 Å². The van der Waals surface area contributed by atoms with Crippen LogP contribution in [0.3, 0.4) is 0 Å². The first-order valence-electron chi connectivity index (χ1n) is 5.59. The average Bonchev–Trinajstić information content (AvgIpc) is 2.93. The molecule has 1 saturated carbocycles. The molecule has 0 aromatic rings. The molecule has 0 aromatic heterocycles. The highest BCUT2D eigenvalue weighted by atomic mass is 16.4. The molecule has 0 aliphatic heterocycles. The molecule has 2 N–H and O–H groups in total. The number of carbonyl (C=O) groups excluding carboxylic acids is 1. The van der Waals surface area contributed by atoms with Crippen molar-refractivity contribution in [2.75, 3.05) is 0 Å². The Bertz CT molecular complexity index is 252. The van der Waals surface area contributed by atoms with Crippen molar-refractivity contribution in [1.82, 2.24) is 5.32 Å². The number of carboxylic acid groups (broad SMARTS) is 1. The minimum atomic E-state index is -0.851. The fourth-order valence-electron chi connectivity index (χ4n) is 1.69. The van der Waals surface area contributed by atoms with Crippen LogP contribution in [0.25, 0.3) is 0 Å². The van der Waals surface area contributed by atoms with Crippen LogP contribution in [-0.4, -0.2) is 23.0 Å². The number of rotatable bonds is 6. The van der Waals surface area contributed by atoms with Crippen molar-refractivity contribution in [3.05, 3.63) is 0 Å². The summed E-state index contributed by atoms with van der Waals surface area (Å²) >= 11 is 0. The summed E-state index contributed by atoms with van der Waals surface area (Å²) in [4.78, 5) is 22.1. The number of carbonyl (C=O) groups is 2. The molecule has 1 aliphatic carbocycles. The van der Waals surface area contributed by atoms with E-state index in [1.165, 1.54) is 0 Å². The van der Waals surface area contributed by atoms with Gasteiger partial charge in [0, 0.05) is 6.04 Å². The van der Waals surface area contributed by atoms with Gasteiger partial charge in [0.05, 0.1) is 11.8 Å². The summed E-state index contributed by atoms with van der Waals surface area (Å²) in [5.41, 5.74) is 0. The zero-order chi connectivity index (χ0) is 11.4. The molecular formula is C11H19NO3. The van der Waals surface area contributed by atoms with Crippen LogP contribution in [-0.2, 0) is 9.59 Å². The van der Waals surface area contributed by atoms with Gasteiger partial charge in [-0.2, -0.15) is 0 Å². The molecule has 0 radical (unpaired) electrons. The van der Waals surface area contributed by atoms with Crippen molar-refractivity contribution in [1.29, 1.82) is 0 Å². The van der Waals surface area contributed by atoms with Gasteiger partial charge in [-0.25, -0.2) is 0 Å². The summed E-state index contributed by atoms with van der Waals surface area (Å²) in [5.74, 6) is -1.67. The Morgan fingerprint density at radius 1 is 1.47 bits per heavy atom. The molecule has 1 amide bonds. The van der Waals surface area contributed by atoms with E-state index in [2.05, 4.69) is 12.2 Å². The van der Waals surface area contributed by atoms with Gasteiger partial charge in [0.15, 0.2) is 0 Å². The van der Waals surface area contributed by atoms with Gasteiger partial charge in [0.25, 0.3) is 0 Å². The zero-order valence-electron chi connectivity index (χ0n) is 9.32. The number of aliphatic carboxylic acids is 1. The Morgan fingerprint density at radius 2 is 2.13 bits per heavy atom. The molecule has 1 aliphatic rings. The number of unbranched alkanes of at least 4 members (excludes halogenated alkanes) is 1. The Morgan fingerprint density at radius 3 is 2.60 bits per heavy atom. The number of hydrogen-bond donors (Lipinski definition) is 2. The molecule has 3 atom stereocenters. The second kappa shape index (κ2) is 5.14. The number of carboxylic acids is 1. The van der Waals surface area contributed by atoms with Crippen LogP contribution in [0.15, 0.2) is 0 Å². The molecule has 0 saturated heterocycles. The van der Waals surface area contributed by atoms with Crippen LogP contribution in [0.2, 0.25) is 0 Å². The van der Waals surface area contributed by atoms with Gasteiger partial charge in [0.1, 0.15) is 0 Å². The van der Waals surface area contributed by atoms with Gasteiger partial charge >= 0.3 is 5.97 Å². The van der Waals surface area contributed by atoms with Crippen molar-refractivity contribution in [3.63, 3.8) is 0 Å². The van der Waals surface area contributed by atoms with Gasteiger partial charge in [-0.15, -0.1) is 0 Å². The maximum absolute atomic E-state index is 11.5. The summed E-state index contributed by atoms with van der Waals surface area (Å²) in [6.07, 6.45) is 3.67. The van der Waals surface area contributed by atoms with Crippen LogP contribution in [0.4, 0.5) is 0 Å². The molecule has 0 heterocycles. The Hall–Kier alpha value is -1.06. The Labute approximate surface area is 90.0 Å². The minimum Gasteiger partial charge on any atom is -0.481 e. The highest BCUT2D eigenvalue weighted by molar-refractivity contribution is 5.89. The van der Waals surface area contributed by atoms with E-state index in [-0.39, 0.29) is 17.9 Å². The molecule has 15 heavy (non-hydrogen) atoms. The highest BCUT2D eigenvalue weighted by Gasteiger charge is 2.48. The lowest BCUT2D eigenvalue weighted by Gasteiger charge is -2.12. The SMILES string of the molecule is CCCCC(C)NC(=O)[C@@H]1C[C@@H]1C(=O)O. The van der Waals surface area contributed by atoms with E-state index >= 15 is 0 Å². The van der Waals surface area contributed by atoms with Gasteiger partial charge in [-0.05, 0) is 19.8 Å². The van der Waals surface area contributed by atoms with Gasteiger partial charge in [-0.1, -0.05) is 19.8 Å². The predicted molar refractivity (Wildman–Crippen MR) is 56.4 cm³/mol. The normalized spacial score (nSPS) is 25.7. The third-order valence-corrected chi connectivity index (χ3v) is 2.82. The molecule has 4 nitrogen and oxygen atoms in total. The number of hydrogen-bond acceptors (Lipinski definition) is 2. The molecule has 0 aromatic carbocycles. The minimum absolute atomic E-state index is 0.0917. The van der Waals surface area contributed by atoms with Crippen molar-refractivity contribution in [2.45, 2.75) is 45.6 Å². The van der Waals surface area contributed by atoms with Gasteiger partial charge < -0.3 is 10.4 Å². The maximum atomic E-state index is 11.5. The zero-order valence-corrected chi connectivity index (χ0v) is 9.32. The fourth-order valence-corrected chi connectivity index (χ4v) is 1.69. The van der Waals surface area contributed by atoms with E-state index in [0.717, 1.165) is 19.3 Å². The van der Waals surface area contributed by atoms with Crippen LogP contribution in [0.1, 0.15) is 39.5 Å². The first-order chi connectivity index (χ1) is 7.06. The first kappa shape index (κ1) is 12.0. The fraction of sp³-hybridized carbons (Fsp3) is 0.818. The molecule has 1 rings (SSSR count). The first-order valence-corrected chi connectivity index (χ1v) is 5.59. The highest BCUT2D eigenvalue weighted by Crippen LogP contribution is 2.38. The Balaban J connectivity index is 2.22. The van der Waals surface area contributed by atoms with Crippen molar-refractivity contribution in [2.24, 2.45) is 11.8 Å². The van der Waals surface area contributed by atoms with Crippen molar-refractivity contribution < 1.29 is 14.7 Å². The van der Waals surface area contributed by atoms with E-state index in [4.69, 9.17) is 5.11 Å². The van der Waals surface area contributed by atoms with Crippen LogP contribution < -0.4 is 5.32 Å². The summed E-state index contributed by atoms with van der Waals surface area (Å²) in [7, 11) is 0. The van der Waals surface area contributed by atoms with Crippen molar-refractivity contribution >= 4 is 11.9 Å². The van der Waals surface area contributed by atoms with E-state index in [1.807, 2.05) is 6.92 Å². The van der Waals surface area contributed by atoms with Crippen molar-refractivity contribution in [3.8, 4) is 0 Å². The van der Waals surface area contributed by atoms with Gasteiger partial charge in [0.2, 0.25) is 5.91 Å². The lowest BCUT2D eigenvalue weighted by Crippen LogP contribution is -2.34. The van der Waals surface area contributed by atoms with E-state index in [9.17, 15) is 9.59 Å². The van der Waals surface area contributed by atoms with E-state index in [1.54, 1.807) is 0 Å². The molecular weight excluding hydrogens is 194 g/mol. The molecule has 1 unspecified atom stereocenters. The predicted octanol–water partition coefficient (Wildman–Crippen LogP) is 1.40. The molecule has 4 heteroatoms. The average molecular weight is 213 g/mol. The van der Waals surface area contributed by atoms with E-state index in [0.29, 0.717) is 6.42 Å². The summed E-state index contributed by atoms with van der Waals surface area (Å²) < 4.78 is 0. The third kappa shape index (κ3) is 3.53. The monoisotopic (exact) mass is 213 g/mol. The number of nitrogens with one attached hydrogen (secondary N) is 1. The van der Waals surface area contributed by atoms with E-state index < -0.39 is 11.9 Å². The van der Waals surface area contributed by atoms with Crippen LogP contribution >= 0.6 is 0 Å². The second-order valence-electron chi connectivity index (χ2n) is 4.34. The second-order valence-corrected chi connectivity index (χ2v) is 4.34. The summed E-state index contributed by atoms with van der Waals surface area (Å²) in [6, 6.07) is 0.160.